The predicted octanol–water partition coefficient (Wildman–Crippen LogP) is 3.88. The molecule has 1 fully saturated rings. The fourth-order valence-corrected chi connectivity index (χ4v) is 3.69. The zero-order valence-corrected chi connectivity index (χ0v) is 19.3. The first-order valence-electron chi connectivity index (χ1n) is 10.1. The van der Waals surface area contributed by atoms with E-state index in [1.54, 1.807) is 12.1 Å². The number of nitrogens with zero attached hydrogens (tertiary/aromatic N) is 6. The van der Waals surface area contributed by atoms with Crippen LogP contribution in [0.2, 0.25) is 0 Å². The SMILES string of the molecule is Cc1ccc(Nc2nc(N/N=C/c3cccc([N+](=O)[O-])c3)nc(N3CCOCC3)n2)c(Br)c1. The smallest absolute Gasteiger partial charge is 0.270 e. The fraction of sp³-hybridized carbons (Fsp3) is 0.238. The average molecular weight is 513 g/mol. The van der Waals surface area contributed by atoms with E-state index in [1.165, 1.54) is 18.3 Å². The second-order valence-electron chi connectivity index (χ2n) is 7.21. The lowest BCUT2D eigenvalue weighted by atomic mass is 10.2. The third-order valence-corrected chi connectivity index (χ3v) is 5.40. The van der Waals surface area contributed by atoms with Crippen molar-refractivity contribution in [3.8, 4) is 0 Å². The second kappa shape index (κ2) is 10.3. The Labute approximate surface area is 198 Å². The standard InChI is InChI=1S/C21H21BrN8O3/c1-14-5-6-18(17(22)11-14)24-19-25-20(27-21(26-19)29-7-9-33-10-8-29)28-23-13-15-3-2-4-16(12-15)30(31)32/h2-6,11-13H,7-10H2,1H3,(H2,24,25,26,27,28)/b23-13+. The van der Waals surface area contributed by atoms with Crippen molar-refractivity contribution in [2.75, 3.05) is 41.9 Å². The summed E-state index contributed by atoms with van der Waals surface area (Å²) >= 11 is 3.55. The van der Waals surface area contributed by atoms with Gasteiger partial charge in [0.15, 0.2) is 0 Å². The first-order chi connectivity index (χ1) is 16.0. The van der Waals surface area contributed by atoms with Gasteiger partial charge in [0.2, 0.25) is 17.8 Å². The molecule has 1 aromatic heterocycles. The Morgan fingerprint density at radius 3 is 2.70 bits per heavy atom. The molecule has 0 aliphatic carbocycles. The molecule has 2 aromatic carbocycles. The van der Waals surface area contributed by atoms with Gasteiger partial charge in [-0.1, -0.05) is 18.2 Å². The number of aromatic nitrogens is 3. The van der Waals surface area contributed by atoms with Crippen molar-refractivity contribution in [2.45, 2.75) is 6.92 Å². The number of nitro benzene ring substituents is 1. The van der Waals surface area contributed by atoms with Crippen molar-refractivity contribution in [3.05, 3.63) is 68.2 Å². The number of ether oxygens (including phenoxy) is 1. The van der Waals surface area contributed by atoms with Crippen LogP contribution in [0.15, 0.2) is 52.0 Å². The molecule has 3 aromatic rings. The summed E-state index contributed by atoms with van der Waals surface area (Å²) in [5.41, 5.74) is 5.29. The number of nitro groups is 1. The van der Waals surface area contributed by atoms with Crippen LogP contribution < -0.4 is 15.6 Å². The lowest BCUT2D eigenvalue weighted by Crippen LogP contribution is -2.37. The molecule has 0 spiro atoms. The highest BCUT2D eigenvalue weighted by atomic mass is 79.9. The lowest BCUT2D eigenvalue weighted by molar-refractivity contribution is -0.384. The summed E-state index contributed by atoms with van der Waals surface area (Å²) in [5, 5.41) is 18.3. The van der Waals surface area contributed by atoms with Gasteiger partial charge in [-0.05, 0) is 40.5 Å². The number of halogens is 1. The molecular weight excluding hydrogens is 492 g/mol. The zero-order chi connectivity index (χ0) is 23.2. The molecule has 0 amide bonds. The van der Waals surface area contributed by atoms with E-state index in [9.17, 15) is 10.1 Å². The molecule has 33 heavy (non-hydrogen) atoms. The van der Waals surface area contributed by atoms with Crippen molar-refractivity contribution < 1.29 is 9.66 Å². The van der Waals surface area contributed by atoms with Gasteiger partial charge in [-0.15, -0.1) is 0 Å². The van der Waals surface area contributed by atoms with Gasteiger partial charge in [-0.25, -0.2) is 5.43 Å². The summed E-state index contributed by atoms with van der Waals surface area (Å²) in [6.07, 6.45) is 1.47. The number of anilines is 4. The van der Waals surface area contributed by atoms with Crippen LogP contribution >= 0.6 is 15.9 Å². The molecule has 1 aliphatic rings. The highest BCUT2D eigenvalue weighted by molar-refractivity contribution is 9.10. The minimum Gasteiger partial charge on any atom is -0.378 e. The van der Waals surface area contributed by atoms with Crippen LogP contribution in [0.3, 0.4) is 0 Å². The molecule has 1 aliphatic heterocycles. The number of morpholine rings is 1. The van der Waals surface area contributed by atoms with Gasteiger partial charge in [-0.3, -0.25) is 10.1 Å². The minimum atomic E-state index is -0.452. The third-order valence-electron chi connectivity index (χ3n) is 4.75. The van der Waals surface area contributed by atoms with Crippen LogP contribution in [0.1, 0.15) is 11.1 Å². The van der Waals surface area contributed by atoms with E-state index in [0.717, 1.165) is 15.7 Å². The van der Waals surface area contributed by atoms with Crippen LogP contribution in [0.25, 0.3) is 0 Å². The zero-order valence-electron chi connectivity index (χ0n) is 17.7. The van der Waals surface area contributed by atoms with E-state index < -0.39 is 4.92 Å². The Morgan fingerprint density at radius 1 is 1.15 bits per heavy atom. The summed E-state index contributed by atoms with van der Waals surface area (Å²) in [7, 11) is 0. The van der Waals surface area contributed by atoms with Crippen molar-refractivity contribution in [1.29, 1.82) is 0 Å². The average Bonchev–Trinajstić information content (AvgIpc) is 2.81. The van der Waals surface area contributed by atoms with Crippen LogP contribution in [0.5, 0.6) is 0 Å². The molecule has 12 heteroatoms. The Bertz CT molecular complexity index is 1180. The monoisotopic (exact) mass is 512 g/mol. The van der Waals surface area contributed by atoms with Crippen LogP contribution in [0.4, 0.5) is 29.2 Å². The van der Waals surface area contributed by atoms with Gasteiger partial charge in [0.1, 0.15) is 0 Å². The number of hydrogen-bond acceptors (Lipinski definition) is 10. The molecule has 2 heterocycles. The fourth-order valence-electron chi connectivity index (χ4n) is 3.10. The molecular formula is C21H21BrN8O3. The normalized spacial score (nSPS) is 13.8. The molecule has 170 valence electrons. The first-order valence-corrected chi connectivity index (χ1v) is 10.9. The van der Waals surface area contributed by atoms with Gasteiger partial charge >= 0.3 is 0 Å². The van der Waals surface area contributed by atoms with Crippen LogP contribution in [-0.2, 0) is 4.74 Å². The summed E-state index contributed by atoms with van der Waals surface area (Å²) < 4.78 is 6.31. The van der Waals surface area contributed by atoms with E-state index in [-0.39, 0.29) is 11.6 Å². The Morgan fingerprint density at radius 2 is 1.94 bits per heavy atom. The van der Waals surface area contributed by atoms with Gasteiger partial charge in [-0.2, -0.15) is 20.1 Å². The molecule has 0 unspecified atom stereocenters. The van der Waals surface area contributed by atoms with Crippen molar-refractivity contribution >= 4 is 51.4 Å². The highest BCUT2D eigenvalue weighted by Gasteiger charge is 2.17. The van der Waals surface area contributed by atoms with Crippen molar-refractivity contribution in [2.24, 2.45) is 5.10 Å². The number of hydrogen-bond donors (Lipinski definition) is 2. The molecule has 0 radical (unpaired) electrons. The number of aryl methyl sites for hydroxylation is 1. The lowest BCUT2D eigenvalue weighted by Gasteiger charge is -2.27. The van der Waals surface area contributed by atoms with E-state index in [0.29, 0.717) is 43.8 Å². The Balaban J connectivity index is 1.58. The van der Waals surface area contributed by atoms with Crippen LogP contribution in [0, 0.1) is 17.0 Å². The number of hydrazone groups is 1. The van der Waals surface area contributed by atoms with E-state index in [4.69, 9.17) is 4.74 Å². The molecule has 4 rings (SSSR count). The maximum atomic E-state index is 11.0. The summed E-state index contributed by atoms with van der Waals surface area (Å²) in [4.78, 5) is 26.0. The second-order valence-corrected chi connectivity index (χ2v) is 8.07. The summed E-state index contributed by atoms with van der Waals surface area (Å²) in [5.74, 6) is 1.08. The molecule has 0 bridgehead atoms. The molecule has 0 atom stereocenters. The van der Waals surface area contributed by atoms with Gasteiger partial charge in [0, 0.05) is 35.3 Å². The first kappa shape index (κ1) is 22.6. The highest BCUT2D eigenvalue weighted by Crippen LogP contribution is 2.26. The van der Waals surface area contributed by atoms with E-state index >= 15 is 0 Å². The Kier molecular flexibility index (Phi) is 7.05. The minimum absolute atomic E-state index is 0.0103. The number of nitrogens with one attached hydrogen (secondary N) is 2. The summed E-state index contributed by atoms with van der Waals surface area (Å²) in [6, 6.07) is 12.1. The van der Waals surface area contributed by atoms with Crippen LogP contribution in [-0.4, -0.2) is 52.4 Å². The van der Waals surface area contributed by atoms with Gasteiger partial charge < -0.3 is 15.0 Å². The maximum absolute atomic E-state index is 11.0. The van der Waals surface area contributed by atoms with E-state index in [1.807, 2.05) is 30.0 Å². The number of benzene rings is 2. The summed E-state index contributed by atoms with van der Waals surface area (Å²) in [6.45, 7) is 4.51. The quantitative estimate of drug-likeness (QED) is 0.275. The molecule has 1 saturated heterocycles. The van der Waals surface area contributed by atoms with Gasteiger partial charge in [0.05, 0.1) is 30.0 Å². The maximum Gasteiger partial charge on any atom is 0.270 e. The topological polar surface area (TPSA) is 131 Å². The van der Waals surface area contributed by atoms with Gasteiger partial charge in [0.25, 0.3) is 5.69 Å². The predicted molar refractivity (Wildman–Crippen MR) is 129 cm³/mol. The largest absolute Gasteiger partial charge is 0.378 e. The Hall–Kier alpha value is -3.64. The van der Waals surface area contributed by atoms with Crippen molar-refractivity contribution in [3.63, 3.8) is 0 Å². The number of rotatable bonds is 7. The molecule has 2 N–H and O–H groups in total. The molecule has 11 nitrogen and oxygen atoms in total. The van der Waals surface area contributed by atoms with E-state index in [2.05, 4.69) is 46.7 Å². The van der Waals surface area contributed by atoms with Crippen molar-refractivity contribution in [1.82, 2.24) is 15.0 Å². The third kappa shape index (κ3) is 5.99. The molecule has 0 saturated carbocycles. The number of non-ortho nitro benzene ring substituents is 1.